The van der Waals surface area contributed by atoms with Crippen molar-refractivity contribution in [1.82, 2.24) is 5.32 Å². The minimum absolute atomic E-state index is 0.00591. The van der Waals surface area contributed by atoms with E-state index in [0.29, 0.717) is 5.75 Å². The van der Waals surface area contributed by atoms with Gasteiger partial charge in [0.25, 0.3) is 0 Å². The van der Waals surface area contributed by atoms with E-state index in [2.05, 4.69) is 10.2 Å². The van der Waals surface area contributed by atoms with Crippen molar-refractivity contribution in [2.24, 2.45) is 0 Å². The van der Waals surface area contributed by atoms with Crippen LogP contribution in [0.1, 0.15) is 0 Å². The molecule has 2 N–H and O–H groups in total. The van der Waals surface area contributed by atoms with Crippen molar-refractivity contribution in [2.75, 3.05) is 38.2 Å². The number of hydrogen-bond donors (Lipinski definition) is 2. The number of aliphatic carboxylic acids is 1. The zero-order valence-electron chi connectivity index (χ0n) is 12.7. The third kappa shape index (κ3) is 5.57. The van der Waals surface area contributed by atoms with Crippen LogP contribution in [0.4, 0.5) is 24.5 Å². The van der Waals surface area contributed by atoms with E-state index in [1.165, 1.54) is 13.2 Å². The molecule has 1 aliphatic rings. The van der Waals surface area contributed by atoms with Crippen LogP contribution in [0.5, 0.6) is 5.75 Å². The Balaban J connectivity index is 0.000000351. The number of methoxy groups -OCH3 is 1. The molecule has 0 bridgehead atoms. The molecule has 0 aliphatic carbocycles. The highest BCUT2D eigenvalue weighted by Crippen LogP contribution is 2.31. The van der Waals surface area contributed by atoms with E-state index in [0.717, 1.165) is 31.9 Å². The second kappa shape index (κ2) is 8.34. The second-order valence-corrected chi connectivity index (χ2v) is 4.65. The molecule has 0 unspecified atom stereocenters. The SMILES string of the molecule is COc1cc(N2CCNCC2)ccc1[N+](=O)[O-].O=C(O)C(F)(F)F. The summed E-state index contributed by atoms with van der Waals surface area (Å²) in [5.74, 6) is -2.45. The van der Waals surface area contributed by atoms with Crippen LogP contribution in [0, 0.1) is 10.1 Å². The van der Waals surface area contributed by atoms with E-state index < -0.39 is 17.1 Å². The van der Waals surface area contributed by atoms with Crippen LogP contribution in [0.2, 0.25) is 0 Å². The van der Waals surface area contributed by atoms with Gasteiger partial charge >= 0.3 is 17.8 Å². The molecule has 0 atom stereocenters. The van der Waals surface area contributed by atoms with E-state index in [4.69, 9.17) is 14.6 Å². The minimum atomic E-state index is -5.08. The topological polar surface area (TPSA) is 105 Å². The minimum Gasteiger partial charge on any atom is -0.490 e. The van der Waals surface area contributed by atoms with E-state index in [1.54, 1.807) is 12.1 Å². The Hall–Kier alpha value is -2.56. The van der Waals surface area contributed by atoms with Crippen molar-refractivity contribution < 1.29 is 32.7 Å². The molecule has 1 aromatic carbocycles. The third-order valence-electron chi connectivity index (χ3n) is 3.08. The van der Waals surface area contributed by atoms with E-state index >= 15 is 0 Å². The molecule has 1 saturated heterocycles. The fourth-order valence-electron chi connectivity index (χ4n) is 1.94. The van der Waals surface area contributed by atoms with Gasteiger partial charge in [-0.3, -0.25) is 10.1 Å². The summed E-state index contributed by atoms with van der Waals surface area (Å²) in [7, 11) is 1.45. The van der Waals surface area contributed by atoms with Gasteiger partial charge < -0.3 is 20.1 Å². The summed E-state index contributed by atoms with van der Waals surface area (Å²) in [5, 5.41) is 21.2. The first-order valence-electron chi connectivity index (χ1n) is 6.75. The van der Waals surface area contributed by atoms with Gasteiger partial charge in [0.2, 0.25) is 0 Å². The first-order valence-corrected chi connectivity index (χ1v) is 6.75. The number of alkyl halides is 3. The molecule has 8 nitrogen and oxygen atoms in total. The van der Waals surface area contributed by atoms with Gasteiger partial charge in [0, 0.05) is 44.0 Å². The molecule has 2 rings (SSSR count). The van der Waals surface area contributed by atoms with Crippen molar-refractivity contribution in [1.29, 1.82) is 0 Å². The van der Waals surface area contributed by atoms with E-state index in [1.807, 2.05) is 0 Å². The average molecular weight is 351 g/mol. The quantitative estimate of drug-likeness (QED) is 0.630. The lowest BCUT2D eigenvalue weighted by Crippen LogP contribution is -2.43. The van der Waals surface area contributed by atoms with Crippen LogP contribution in [-0.2, 0) is 4.79 Å². The lowest BCUT2D eigenvalue weighted by atomic mass is 10.2. The summed E-state index contributed by atoms with van der Waals surface area (Å²) >= 11 is 0. The number of nitro benzene ring substituents is 1. The maximum absolute atomic E-state index is 10.8. The Bertz CT molecular complexity index is 589. The first kappa shape index (κ1) is 19.5. The van der Waals surface area contributed by atoms with Crippen LogP contribution >= 0.6 is 0 Å². The fourth-order valence-corrected chi connectivity index (χ4v) is 1.94. The summed E-state index contributed by atoms with van der Waals surface area (Å²) < 4.78 is 36.8. The van der Waals surface area contributed by atoms with Crippen LogP contribution in [0.25, 0.3) is 0 Å². The zero-order valence-corrected chi connectivity index (χ0v) is 12.7. The highest BCUT2D eigenvalue weighted by molar-refractivity contribution is 5.73. The predicted octanol–water partition coefficient (Wildman–Crippen LogP) is 1.65. The van der Waals surface area contributed by atoms with Crippen LogP contribution in [-0.4, -0.2) is 55.5 Å². The molecule has 0 aromatic heterocycles. The maximum atomic E-state index is 10.8. The monoisotopic (exact) mass is 351 g/mol. The van der Waals surface area contributed by atoms with E-state index in [9.17, 15) is 23.3 Å². The van der Waals surface area contributed by atoms with Gasteiger partial charge in [-0.2, -0.15) is 13.2 Å². The highest BCUT2D eigenvalue weighted by Gasteiger charge is 2.38. The van der Waals surface area contributed by atoms with Gasteiger partial charge in [0.15, 0.2) is 5.75 Å². The second-order valence-electron chi connectivity index (χ2n) is 4.65. The number of anilines is 1. The van der Waals surface area contributed by atoms with Crippen LogP contribution in [0.15, 0.2) is 18.2 Å². The number of carboxylic acids is 1. The van der Waals surface area contributed by atoms with Crippen molar-refractivity contribution in [3.8, 4) is 5.75 Å². The number of nitro groups is 1. The molecule has 134 valence electrons. The standard InChI is InChI=1S/C11H15N3O3.C2HF3O2/c1-17-11-8-9(2-3-10(11)14(15)16)13-6-4-12-5-7-13;3-2(4,5)1(6)7/h2-3,8,12H,4-7H2,1H3;(H,6,7). The van der Waals surface area contributed by atoms with Crippen LogP contribution in [0.3, 0.4) is 0 Å². The Morgan fingerprint density at radius 1 is 1.38 bits per heavy atom. The number of nitrogens with zero attached hydrogens (tertiary/aromatic N) is 2. The van der Waals surface area contributed by atoms with Gasteiger partial charge in [0.1, 0.15) is 0 Å². The Morgan fingerprint density at radius 2 is 1.92 bits per heavy atom. The highest BCUT2D eigenvalue weighted by atomic mass is 19.4. The summed E-state index contributed by atoms with van der Waals surface area (Å²) in [4.78, 5) is 21.4. The lowest BCUT2D eigenvalue weighted by Gasteiger charge is -2.29. The number of piperazine rings is 1. The molecule has 24 heavy (non-hydrogen) atoms. The van der Waals surface area contributed by atoms with Crippen molar-refractivity contribution in [3.63, 3.8) is 0 Å². The molecular weight excluding hydrogens is 335 g/mol. The van der Waals surface area contributed by atoms with Crippen molar-refractivity contribution >= 4 is 17.3 Å². The van der Waals surface area contributed by atoms with Gasteiger partial charge in [-0.25, -0.2) is 4.79 Å². The molecule has 1 aromatic rings. The van der Waals surface area contributed by atoms with Gasteiger partial charge in [-0.15, -0.1) is 0 Å². The summed E-state index contributed by atoms with van der Waals surface area (Å²) in [6.07, 6.45) is -5.08. The number of carboxylic acid groups (broad SMARTS) is 1. The molecule has 1 aliphatic heterocycles. The summed E-state index contributed by atoms with van der Waals surface area (Å²) in [6, 6.07) is 4.99. The molecule has 1 heterocycles. The molecule has 0 saturated carbocycles. The Morgan fingerprint density at radius 3 is 2.33 bits per heavy atom. The van der Waals surface area contributed by atoms with Gasteiger partial charge in [0.05, 0.1) is 12.0 Å². The predicted molar refractivity (Wildman–Crippen MR) is 78.4 cm³/mol. The number of hydrogen-bond acceptors (Lipinski definition) is 6. The third-order valence-corrected chi connectivity index (χ3v) is 3.08. The maximum Gasteiger partial charge on any atom is 0.490 e. The number of rotatable bonds is 3. The normalized spacial score (nSPS) is 14.4. The Labute approximate surface area is 135 Å². The summed E-state index contributed by atoms with van der Waals surface area (Å²) in [6.45, 7) is 3.67. The molecule has 0 spiro atoms. The number of benzene rings is 1. The number of carbonyl (C=O) groups is 1. The number of ether oxygens (including phenoxy) is 1. The molecule has 0 radical (unpaired) electrons. The fraction of sp³-hybridized carbons (Fsp3) is 0.462. The molecule has 11 heteroatoms. The first-order chi connectivity index (χ1) is 11.2. The largest absolute Gasteiger partial charge is 0.490 e. The smallest absolute Gasteiger partial charge is 0.490 e. The van der Waals surface area contributed by atoms with Crippen LogP contribution < -0.4 is 15.0 Å². The molecular formula is C13H16F3N3O5. The molecule has 1 fully saturated rings. The van der Waals surface area contributed by atoms with Crippen molar-refractivity contribution in [3.05, 3.63) is 28.3 Å². The Kier molecular flexibility index (Phi) is 6.77. The summed E-state index contributed by atoms with van der Waals surface area (Å²) in [5.41, 5.74) is 0.973. The number of halogens is 3. The van der Waals surface area contributed by atoms with Gasteiger partial charge in [-0.05, 0) is 6.07 Å². The molecule has 0 amide bonds. The number of nitrogens with one attached hydrogen (secondary N) is 1. The van der Waals surface area contributed by atoms with Gasteiger partial charge in [-0.1, -0.05) is 0 Å². The lowest BCUT2D eigenvalue weighted by molar-refractivity contribution is -0.385. The van der Waals surface area contributed by atoms with E-state index in [-0.39, 0.29) is 5.69 Å². The average Bonchev–Trinajstić information content (AvgIpc) is 2.54. The van der Waals surface area contributed by atoms with Crippen molar-refractivity contribution in [2.45, 2.75) is 6.18 Å². The zero-order chi connectivity index (χ0) is 18.3.